The summed E-state index contributed by atoms with van der Waals surface area (Å²) in [5, 5.41) is 0. The monoisotopic (exact) mass is 315 g/mol. The molecule has 5 heteroatoms. The molecule has 1 aromatic carbocycles. The second-order valence-corrected chi connectivity index (χ2v) is 6.59. The highest BCUT2D eigenvalue weighted by molar-refractivity contribution is 5.97. The van der Waals surface area contributed by atoms with E-state index in [4.69, 9.17) is 0 Å². The summed E-state index contributed by atoms with van der Waals surface area (Å²) < 4.78 is 0. The van der Waals surface area contributed by atoms with Crippen molar-refractivity contribution < 1.29 is 9.59 Å². The largest absolute Gasteiger partial charge is 0.378 e. The molecule has 1 aliphatic rings. The first-order chi connectivity index (χ1) is 10.7. The highest BCUT2D eigenvalue weighted by Crippen LogP contribution is 2.22. The molecule has 124 valence electrons. The van der Waals surface area contributed by atoms with Crippen LogP contribution < -0.4 is 4.90 Å². The van der Waals surface area contributed by atoms with Gasteiger partial charge in [-0.25, -0.2) is 0 Å². The van der Waals surface area contributed by atoms with Crippen molar-refractivity contribution in [1.82, 2.24) is 9.80 Å². The summed E-state index contributed by atoms with van der Waals surface area (Å²) in [7, 11) is 5.75. The number of carbonyl (C=O) groups is 2. The van der Waals surface area contributed by atoms with Crippen molar-refractivity contribution in [2.75, 3.05) is 39.1 Å². The quantitative estimate of drug-likeness (QED) is 0.800. The summed E-state index contributed by atoms with van der Waals surface area (Å²) in [6.45, 7) is 4.71. The molecule has 1 fully saturated rings. The Kier molecular flexibility index (Phi) is 4.78. The SMILES string of the molecule is CN1CCN(C(=O)C=Cc2ccc(N(C)C)cc2)C(C)(C)C1=O. The van der Waals surface area contributed by atoms with Crippen molar-refractivity contribution in [1.29, 1.82) is 0 Å². The highest BCUT2D eigenvalue weighted by atomic mass is 16.2. The first-order valence-electron chi connectivity index (χ1n) is 7.76. The maximum atomic E-state index is 12.5. The van der Waals surface area contributed by atoms with Crippen molar-refractivity contribution in [2.24, 2.45) is 0 Å². The Morgan fingerprint density at radius 3 is 2.35 bits per heavy atom. The van der Waals surface area contributed by atoms with Crippen LogP contribution in [0.4, 0.5) is 5.69 Å². The molecule has 0 atom stereocenters. The lowest BCUT2D eigenvalue weighted by Gasteiger charge is -2.44. The van der Waals surface area contributed by atoms with Crippen molar-refractivity contribution in [3.63, 3.8) is 0 Å². The topological polar surface area (TPSA) is 43.9 Å². The maximum absolute atomic E-state index is 12.5. The van der Waals surface area contributed by atoms with Crippen LogP contribution in [0.25, 0.3) is 6.08 Å². The lowest BCUT2D eigenvalue weighted by atomic mass is 9.97. The van der Waals surface area contributed by atoms with Gasteiger partial charge in [0.05, 0.1) is 0 Å². The molecule has 0 bridgehead atoms. The first kappa shape index (κ1) is 17.1. The van der Waals surface area contributed by atoms with Crippen molar-refractivity contribution in [3.8, 4) is 0 Å². The second kappa shape index (κ2) is 6.44. The molecule has 2 amide bonds. The van der Waals surface area contributed by atoms with Gasteiger partial charge in [-0.1, -0.05) is 12.1 Å². The molecule has 0 radical (unpaired) electrons. The van der Waals surface area contributed by atoms with Crippen molar-refractivity contribution in [2.45, 2.75) is 19.4 Å². The Hall–Kier alpha value is -2.30. The van der Waals surface area contributed by atoms with Gasteiger partial charge in [-0.05, 0) is 37.6 Å². The van der Waals surface area contributed by atoms with Crippen LogP contribution in [0.1, 0.15) is 19.4 Å². The number of piperazine rings is 1. The van der Waals surface area contributed by atoms with Gasteiger partial charge < -0.3 is 14.7 Å². The van der Waals surface area contributed by atoms with E-state index in [0.717, 1.165) is 11.3 Å². The molecule has 0 aliphatic carbocycles. The summed E-state index contributed by atoms with van der Waals surface area (Å²) in [5.41, 5.74) is 1.27. The van der Waals surface area contributed by atoms with Gasteiger partial charge in [0.15, 0.2) is 0 Å². The van der Waals surface area contributed by atoms with Crippen molar-refractivity contribution in [3.05, 3.63) is 35.9 Å². The number of benzene rings is 1. The molecule has 0 aromatic heterocycles. The van der Waals surface area contributed by atoms with Crippen LogP contribution in [0.15, 0.2) is 30.3 Å². The fourth-order valence-corrected chi connectivity index (χ4v) is 2.74. The van der Waals surface area contributed by atoms with Crippen LogP contribution in [0.3, 0.4) is 0 Å². The first-order valence-corrected chi connectivity index (χ1v) is 7.76. The third-order valence-electron chi connectivity index (χ3n) is 4.30. The summed E-state index contributed by atoms with van der Waals surface area (Å²) in [6.07, 6.45) is 3.34. The van der Waals surface area contributed by atoms with Gasteiger partial charge in [0.1, 0.15) is 5.54 Å². The molecule has 0 N–H and O–H groups in total. The van der Waals surface area contributed by atoms with E-state index in [2.05, 4.69) is 0 Å². The number of anilines is 1. The molecule has 0 unspecified atom stereocenters. The molecular formula is C18H25N3O2. The number of amides is 2. The summed E-state index contributed by atoms with van der Waals surface area (Å²) >= 11 is 0. The minimum absolute atomic E-state index is 0.0270. The molecule has 1 heterocycles. The molecule has 5 nitrogen and oxygen atoms in total. The average molecular weight is 315 g/mol. The van der Waals surface area contributed by atoms with Gasteiger partial charge in [-0.2, -0.15) is 0 Å². The Labute approximate surface area is 138 Å². The standard InChI is InChI=1S/C18H25N3O2/c1-18(2)17(23)20(5)12-13-21(18)16(22)11-8-14-6-9-15(10-7-14)19(3)4/h6-11H,12-13H2,1-5H3. The van der Waals surface area contributed by atoms with Gasteiger partial charge in [0.2, 0.25) is 11.8 Å². The summed E-state index contributed by atoms with van der Waals surface area (Å²) in [4.78, 5) is 30.1. The smallest absolute Gasteiger partial charge is 0.247 e. The average Bonchev–Trinajstić information content (AvgIpc) is 2.51. The normalized spacial score (nSPS) is 17.7. The van der Waals surface area contributed by atoms with Crippen LogP contribution in [-0.4, -0.2) is 61.4 Å². The van der Waals surface area contributed by atoms with E-state index in [-0.39, 0.29) is 11.8 Å². The predicted molar refractivity (Wildman–Crippen MR) is 93.2 cm³/mol. The third kappa shape index (κ3) is 3.55. The third-order valence-corrected chi connectivity index (χ3v) is 4.30. The number of carbonyl (C=O) groups excluding carboxylic acids is 2. The predicted octanol–water partition coefficient (Wildman–Crippen LogP) is 1.84. The maximum Gasteiger partial charge on any atom is 0.247 e. The Morgan fingerprint density at radius 1 is 1.17 bits per heavy atom. The fraction of sp³-hybridized carbons (Fsp3) is 0.444. The van der Waals surface area contributed by atoms with E-state index >= 15 is 0 Å². The lowest BCUT2D eigenvalue weighted by molar-refractivity contribution is -0.154. The highest BCUT2D eigenvalue weighted by Gasteiger charge is 2.42. The zero-order chi connectivity index (χ0) is 17.2. The number of nitrogens with zero attached hydrogens (tertiary/aromatic N) is 3. The molecule has 0 spiro atoms. The summed E-state index contributed by atoms with van der Waals surface area (Å²) in [5.74, 6) is -0.158. The van der Waals surface area contributed by atoms with E-state index in [1.807, 2.05) is 43.3 Å². The van der Waals surface area contributed by atoms with Gasteiger partial charge in [-0.3, -0.25) is 9.59 Å². The lowest BCUT2D eigenvalue weighted by Crippen LogP contribution is -2.63. The van der Waals surface area contributed by atoms with E-state index in [9.17, 15) is 9.59 Å². The number of likely N-dealkylation sites (N-methyl/N-ethyl adjacent to an activating group) is 1. The van der Waals surface area contributed by atoms with Crippen LogP contribution in [0, 0.1) is 0 Å². The van der Waals surface area contributed by atoms with Crippen LogP contribution in [0.5, 0.6) is 0 Å². The molecule has 1 aromatic rings. The Balaban J connectivity index is 2.10. The minimum Gasteiger partial charge on any atom is -0.378 e. The molecule has 1 saturated heterocycles. The van der Waals surface area contributed by atoms with Gasteiger partial charge in [-0.15, -0.1) is 0 Å². The van der Waals surface area contributed by atoms with E-state index in [1.54, 1.807) is 42.8 Å². The fourth-order valence-electron chi connectivity index (χ4n) is 2.74. The number of rotatable bonds is 3. The van der Waals surface area contributed by atoms with Crippen LogP contribution in [0.2, 0.25) is 0 Å². The van der Waals surface area contributed by atoms with Gasteiger partial charge in [0.25, 0.3) is 0 Å². The van der Waals surface area contributed by atoms with Crippen LogP contribution in [-0.2, 0) is 9.59 Å². The minimum atomic E-state index is -0.802. The van der Waals surface area contributed by atoms with Gasteiger partial charge in [0, 0.05) is 46.0 Å². The Morgan fingerprint density at radius 2 is 1.78 bits per heavy atom. The van der Waals surface area contributed by atoms with Crippen LogP contribution >= 0.6 is 0 Å². The zero-order valence-corrected chi connectivity index (χ0v) is 14.5. The molecule has 23 heavy (non-hydrogen) atoms. The van der Waals surface area contributed by atoms with Crippen molar-refractivity contribution >= 4 is 23.6 Å². The van der Waals surface area contributed by atoms with E-state index in [1.165, 1.54) is 0 Å². The zero-order valence-electron chi connectivity index (χ0n) is 14.5. The number of hydrogen-bond acceptors (Lipinski definition) is 3. The molecule has 0 saturated carbocycles. The molecule has 2 rings (SSSR count). The number of hydrogen-bond donors (Lipinski definition) is 0. The van der Waals surface area contributed by atoms with E-state index in [0.29, 0.717) is 13.1 Å². The second-order valence-electron chi connectivity index (χ2n) is 6.59. The Bertz CT molecular complexity index is 618. The van der Waals surface area contributed by atoms with E-state index < -0.39 is 5.54 Å². The molecular weight excluding hydrogens is 290 g/mol. The van der Waals surface area contributed by atoms with Gasteiger partial charge >= 0.3 is 0 Å². The summed E-state index contributed by atoms with van der Waals surface area (Å²) in [6, 6.07) is 7.96. The molecule has 1 aliphatic heterocycles.